The molecule has 0 aliphatic heterocycles. The van der Waals surface area contributed by atoms with Crippen molar-refractivity contribution in [2.75, 3.05) is 4.90 Å². The summed E-state index contributed by atoms with van der Waals surface area (Å²) in [5.41, 5.74) is 8.10. The van der Waals surface area contributed by atoms with Crippen LogP contribution in [0.4, 0.5) is 17.1 Å². The molecule has 0 saturated heterocycles. The van der Waals surface area contributed by atoms with Crippen molar-refractivity contribution < 1.29 is 0 Å². The van der Waals surface area contributed by atoms with E-state index in [1.807, 2.05) is 12.4 Å². The zero-order valence-electron chi connectivity index (χ0n) is 25.0. The Balaban J connectivity index is 1.22. The maximum atomic E-state index is 4.74. The number of benzene rings is 7. The van der Waals surface area contributed by atoms with Crippen molar-refractivity contribution in [3.8, 4) is 22.3 Å². The standard InChI is InChI=1S/C43H28N2S/c1-2-10-29(11-3-1)30-18-22-33(23-19-30)45(40-27-44-28-42-43(40)38-16-8-9-17-41(38)46-42)34-24-20-31(21-25-34)39-26-32-12-4-5-13-35(32)36-14-6-7-15-37(36)39/h1-28H. The molecule has 3 heteroatoms. The van der Waals surface area contributed by atoms with Crippen molar-refractivity contribution in [2.45, 2.75) is 0 Å². The molecular weight excluding hydrogens is 577 g/mol. The van der Waals surface area contributed by atoms with Crippen molar-refractivity contribution in [3.05, 3.63) is 170 Å². The fourth-order valence-corrected chi connectivity index (χ4v) is 7.87. The molecule has 0 saturated carbocycles. The maximum absolute atomic E-state index is 4.74. The SMILES string of the molecule is c1ccc(-c2ccc(N(c3ccc(-c4cc5ccccc5c5ccccc45)cc3)c3cncc4sc5ccccc5c34)cc2)cc1. The third kappa shape index (κ3) is 4.44. The fourth-order valence-electron chi connectivity index (χ4n) is 6.77. The first-order chi connectivity index (χ1) is 22.8. The van der Waals surface area contributed by atoms with E-state index in [-0.39, 0.29) is 0 Å². The number of hydrogen-bond donors (Lipinski definition) is 0. The van der Waals surface area contributed by atoms with Gasteiger partial charge in [0.25, 0.3) is 0 Å². The Morgan fingerprint density at radius 3 is 1.78 bits per heavy atom. The van der Waals surface area contributed by atoms with E-state index in [4.69, 9.17) is 4.98 Å². The van der Waals surface area contributed by atoms with Gasteiger partial charge in [0.15, 0.2) is 0 Å². The molecule has 0 fully saturated rings. The zero-order valence-corrected chi connectivity index (χ0v) is 25.8. The van der Waals surface area contributed by atoms with Crippen molar-refractivity contribution in [2.24, 2.45) is 0 Å². The number of pyridine rings is 1. The van der Waals surface area contributed by atoms with E-state index in [0.717, 1.165) is 17.1 Å². The van der Waals surface area contributed by atoms with Gasteiger partial charge in [-0.25, -0.2) is 0 Å². The molecule has 0 amide bonds. The molecule has 0 atom stereocenters. The Bertz CT molecular complexity index is 2510. The van der Waals surface area contributed by atoms with Crippen LogP contribution in [0.2, 0.25) is 0 Å². The summed E-state index contributed by atoms with van der Waals surface area (Å²) in [5.74, 6) is 0. The van der Waals surface area contributed by atoms with E-state index in [2.05, 4.69) is 163 Å². The normalized spacial score (nSPS) is 11.5. The lowest BCUT2D eigenvalue weighted by Gasteiger charge is -2.26. The summed E-state index contributed by atoms with van der Waals surface area (Å²) >= 11 is 1.80. The number of hydrogen-bond acceptors (Lipinski definition) is 3. The Morgan fingerprint density at radius 2 is 1.02 bits per heavy atom. The summed E-state index contributed by atoms with van der Waals surface area (Å²) in [7, 11) is 0. The molecule has 7 aromatic carbocycles. The number of fused-ring (bicyclic) bond motifs is 6. The molecule has 2 aromatic heterocycles. The summed E-state index contributed by atoms with van der Waals surface area (Å²) in [6.07, 6.45) is 4.01. The molecule has 46 heavy (non-hydrogen) atoms. The zero-order chi connectivity index (χ0) is 30.5. The van der Waals surface area contributed by atoms with E-state index in [1.165, 1.54) is 64.0 Å². The molecule has 0 spiro atoms. The van der Waals surface area contributed by atoms with Gasteiger partial charge in [-0.3, -0.25) is 4.98 Å². The van der Waals surface area contributed by atoms with Crippen LogP contribution in [0.25, 0.3) is 64.0 Å². The molecular formula is C43H28N2S. The van der Waals surface area contributed by atoms with Gasteiger partial charge in [-0.15, -0.1) is 11.3 Å². The van der Waals surface area contributed by atoms with Crippen molar-refractivity contribution in [3.63, 3.8) is 0 Å². The van der Waals surface area contributed by atoms with Crippen molar-refractivity contribution in [1.29, 1.82) is 0 Å². The largest absolute Gasteiger partial charge is 0.308 e. The Labute approximate surface area is 271 Å². The van der Waals surface area contributed by atoms with Gasteiger partial charge in [0.2, 0.25) is 0 Å². The van der Waals surface area contributed by atoms with Gasteiger partial charge >= 0.3 is 0 Å². The molecule has 2 heterocycles. The van der Waals surface area contributed by atoms with Crippen LogP contribution in [-0.4, -0.2) is 4.98 Å². The predicted molar refractivity (Wildman–Crippen MR) is 198 cm³/mol. The highest BCUT2D eigenvalue weighted by molar-refractivity contribution is 7.25. The molecule has 0 aliphatic carbocycles. The molecule has 0 radical (unpaired) electrons. The number of rotatable bonds is 5. The van der Waals surface area contributed by atoms with Gasteiger partial charge in [0.1, 0.15) is 0 Å². The predicted octanol–water partition coefficient (Wildman–Crippen LogP) is 12.6. The topological polar surface area (TPSA) is 16.1 Å². The monoisotopic (exact) mass is 604 g/mol. The first-order valence-electron chi connectivity index (χ1n) is 15.5. The summed E-state index contributed by atoms with van der Waals surface area (Å²) in [6.45, 7) is 0. The first-order valence-corrected chi connectivity index (χ1v) is 16.4. The van der Waals surface area contributed by atoms with Crippen molar-refractivity contribution >= 4 is 70.1 Å². The van der Waals surface area contributed by atoms with Crippen LogP contribution in [-0.2, 0) is 0 Å². The highest BCUT2D eigenvalue weighted by atomic mass is 32.1. The van der Waals surface area contributed by atoms with E-state index in [9.17, 15) is 0 Å². The average Bonchev–Trinajstić information content (AvgIpc) is 3.52. The van der Waals surface area contributed by atoms with Gasteiger partial charge < -0.3 is 4.90 Å². The van der Waals surface area contributed by atoms with Gasteiger partial charge in [-0.1, -0.05) is 121 Å². The summed E-state index contributed by atoms with van der Waals surface area (Å²) in [4.78, 5) is 7.09. The van der Waals surface area contributed by atoms with Crippen LogP contribution in [0.15, 0.2) is 170 Å². The molecule has 216 valence electrons. The summed E-state index contributed by atoms with van der Waals surface area (Å²) in [6, 6.07) is 56.8. The minimum atomic E-state index is 1.08. The number of anilines is 3. The minimum Gasteiger partial charge on any atom is -0.308 e. The highest BCUT2D eigenvalue weighted by Gasteiger charge is 2.19. The summed E-state index contributed by atoms with van der Waals surface area (Å²) < 4.78 is 2.45. The van der Waals surface area contributed by atoms with E-state index in [1.54, 1.807) is 11.3 Å². The maximum Gasteiger partial charge on any atom is 0.0738 e. The molecule has 0 aliphatic rings. The van der Waals surface area contributed by atoms with Gasteiger partial charge in [0, 0.05) is 33.0 Å². The number of thiophene rings is 1. The lowest BCUT2D eigenvalue weighted by atomic mass is 9.93. The molecule has 9 rings (SSSR count). The van der Waals surface area contributed by atoms with Crippen LogP contribution in [0.5, 0.6) is 0 Å². The Hall–Kier alpha value is -5.77. The van der Waals surface area contributed by atoms with Crippen LogP contribution in [0.1, 0.15) is 0 Å². The first kappa shape index (κ1) is 26.6. The number of aromatic nitrogens is 1. The second-order valence-corrected chi connectivity index (χ2v) is 12.7. The van der Waals surface area contributed by atoms with Crippen molar-refractivity contribution in [1.82, 2.24) is 4.98 Å². The quantitative estimate of drug-likeness (QED) is 0.182. The van der Waals surface area contributed by atoms with Crippen LogP contribution >= 0.6 is 11.3 Å². The Morgan fingerprint density at radius 1 is 0.435 bits per heavy atom. The van der Waals surface area contributed by atoms with E-state index in [0.29, 0.717) is 0 Å². The van der Waals surface area contributed by atoms with E-state index >= 15 is 0 Å². The average molecular weight is 605 g/mol. The van der Waals surface area contributed by atoms with Crippen LogP contribution in [0, 0.1) is 0 Å². The van der Waals surface area contributed by atoms with Gasteiger partial charge in [-0.05, 0) is 80.2 Å². The molecule has 9 aromatic rings. The summed E-state index contributed by atoms with van der Waals surface area (Å²) in [5, 5.41) is 7.56. The second kappa shape index (κ2) is 11.0. The lowest BCUT2D eigenvalue weighted by molar-refractivity contribution is 1.26. The smallest absolute Gasteiger partial charge is 0.0738 e. The number of nitrogens with zero attached hydrogens (tertiary/aromatic N) is 2. The third-order valence-corrected chi connectivity index (χ3v) is 10.1. The Kier molecular flexibility index (Phi) is 6.36. The molecule has 0 unspecified atom stereocenters. The third-order valence-electron chi connectivity index (χ3n) is 8.95. The fraction of sp³-hybridized carbons (Fsp3) is 0. The minimum absolute atomic E-state index is 1.08. The van der Waals surface area contributed by atoms with E-state index < -0.39 is 0 Å². The molecule has 0 bridgehead atoms. The second-order valence-electron chi connectivity index (χ2n) is 11.6. The lowest BCUT2D eigenvalue weighted by Crippen LogP contribution is -2.10. The highest BCUT2D eigenvalue weighted by Crippen LogP contribution is 2.45. The van der Waals surface area contributed by atoms with Gasteiger partial charge in [-0.2, -0.15) is 0 Å². The van der Waals surface area contributed by atoms with Gasteiger partial charge in [0.05, 0.1) is 16.6 Å². The van der Waals surface area contributed by atoms with Crippen LogP contribution < -0.4 is 4.90 Å². The molecule has 0 N–H and O–H groups in total. The molecule has 2 nitrogen and oxygen atoms in total. The van der Waals surface area contributed by atoms with Crippen LogP contribution in [0.3, 0.4) is 0 Å².